The largest absolute Gasteiger partial charge is 0.329 e. The van der Waals surface area contributed by atoms with Gasteiger partial charge in [0.05, 0.1) is 6.54 Å². The molecule has 1 heterocycles. The lowest BCUT2D eigenvalue weighted by atomic mass is 9.91. The van der Waals surface area contributed by atoms with E-state index >= 15 is 0 Å². The Balaban J connectivity index is 2.09. The number of urea groups is 1. The van der Waals surface area contributed by atoms with Gasteiger partial charge in [0.25, 0.3) is 0 Å². The predicted molar refractivity (Wildman–Crippen MR) is 51.7 cm³/mol. The molecule has 0 bridgehead atoms. The highest BCUT2D eigenvalue weighted by Crippen LogP contribution is 2.39. The third-order valence-corrected chi connectivity index (χ3v) is 3.19. The van der Waals surface area contributed by atoms with Gasteiger partial charge < -0.3 is 5.32 Å². The van der Waals surface area contributed by atoms with Crippen LogP contribution in [0.3, 0.4) is 0 Å². The third kappa shape index (κ3) is 1.49. The minimum absolute atomic E-state index is 0.0716. The van der Waals surface area contributed by atoms with Gasteiger partial charge in [-0.25, -0.2) is 4.79 Å². The monoisotopic (exact) mass is 196 g/mol. The Morgan fingerprint density at radius 1 is 1.43 bits per heavy atom. The molecule has 0 aromatic rings. The van der Waals surface area contributed by atoms with Gasteiger partial charge in [0.1, 0.15) is 0 Å². The van der Waals surface area contributed by atoms with E-state index in [1.165, 1.54) is 4.90 Å². The van der Waals surface area contributed by atoms with E-state index in [-0.39, 0.29) is 29.9 Å². The van der Waals surface area contributed by atoms with Gasteiger partial charge in [-0.1, -0.05) is 13.8 Å². The summed E-state index contributed by atoms with van der Waals surface area (Å²) in [6, 6.07) is -0.0855. The second-order valence-corrected chi connectivity index (χ2v) is 4.98. The van der Waals surface area contributed by atoms with E-state index in [1.54, 1.807) is 0 Å². The van der Waals surface area contributed by atoms with Gasteiger partial charge >= 0.3 is 6.03 Å². The van der Waals surface area contributed by atoms with Crippen molar-refractivity contribution >= 4 is 11.9 Å². The zero-order chi connectivity index (χ0) is 10.3. The van der Waals surface area contributed by atoms with Crippen LogP contribution in [0.4, 0.5) is 4.79 Å². The maximum atomic E-state index is 11.4. The molecule has 3 amide bonds. The molecule has 1 atom stereocenters. The minimum atomic E-state index is -0.210. The van der Waals surface area contributed by atoms with E-state index in [1.807, 2.05) is 0 Å². The molecule has 2 fully saturated rings. The maximum Gasteiger partial charge on any atom is 0.324 e. The lowest BCUT2D eigenvalue weighted by molar-refractivity contribution is -0.126. The highest BCUT2D eigenvalue weighted by molar-refractivity contribution is 6.02. The van der Waals surface area contributed by atoms with Gasteiger partial charge in [-0.15, -0.1) is 0 Å². The van der Waals surface area contributed by atoms with Gasteiger partial charge in [0.15, 0.2) is 0 Å². The molecule has 1 aliphatic carbocycles. The Hall–Kier alpha value is -1.06. The molecule has 78 valence electrons. The molecule has 1 saturated heterocycles. The Morgan fingerprint density at radius 2 is 2.14 bits per heavy atom. The number of hydrogen-bond donors (Lipinski definition) is 1. The average Bonchev–Trinajstić information content (AvgIpc) is 2.56. The van der Waals surface area contributed by atoms with Crippen molar-refractivity contribution in [2.24, 2.45) is 5.41 Å². The molecule has 0 spiro atoms. The summed E-state index contributed by atoms with van der Waals surface area (Å²) in [5, 5.41) is 2.56. The van der Waals surface area contributed by atoms with Crippen LogP contribution in [-0.4, -0.2) is 29.4 Å². The van der Waals surface area contributed by atoms with E-state index in [0.717, 1.165) is 19.3 Å². The third-order valence-electron chi connectivity index (χ3n) is 3.19. The maximum absolute atomic E-state index is 11.4. The first-order valence-corrected chi connectivity index (χ1v) is 5.09. The molecule has 0 aromatic heterocycles. The van der Waals surface area contributed by atoms with Gasteiger partial charge in [-0.2, -0.15) is 0 Å². The molecular formula is C10H16N2O2. The second kappa shape index (κ2) is 2.97. The van der Waals surface area contributed by atoms with Gasteiger partial charge in [0, 0.05) is 6.04 Å². The number of rotatable bonds is 1. The molecule has 1 N–H and O–H groups in total. The number of carbonyl (C=O) groups excluding carboxylic acids is 2. The number of nitrogens with zero attached hydrogens (tertiary/aromatic N) is 1. The van der Waals surface area contributed by atoms with Crippen molar-refractivity contribution in [2.75, 3.05) is 6.54 Å². The molecule has 2 aliphatic rings. The van der Waals surface area contributed by atoms with Gasteiger partial charge in [-0.05, 0) is 24.7 Å². The summed E-state index contributed by atoms with van der Waals surface area (Å²) >= 11 is 0. The zero-order valence-electron chi connectivity index (χ0n) is 8.67. The summed E-state index contributed by atoms with van der Waals surface area (Å²) < 4.78 is 0. The van der Waals surface area contributed by atoms with Crippen LogP contribution >= 0.6 is 0 Å². The number of imide groups is 1. The van der Waals surface area contributed by atoms with Crippen LogP contribution in [0.15, 0.2) is 0 Å². The van der Waals surface area contributed by atoms with E-state index in [4.69, 9.17) is 0 Å². The summed E-state index contributed by atoms with van der Waals surface area (Å²) in [4.78, 5) is 24.2. The van der Waals surface area contributed by atoms with Crippen LogP contribution in [0, 0.1) is 5.41 Å². The summed E-state index contributed by atoms with van der Waals surface area (Å²) in [6.07, 6.45) is 2.98. The quantitative estimate of drug-likeness (QED) is 0.639. The smallest absolute Gasteiger partial charge is 0.324 e. The highest BCUT2D eigenvalue weighted by Gasteiger charge is 2.41. The highest BCUT2D eigenvalue weighted by atomic mass is 16.2. The van der Waals surface area contributed by atoms with Crippen molar-refractivity contribution in [3.05, 3.63) is 0 Å². The lowest BCUT2D eigenvalue weighted by Gasteiger charge is -2.22. The Kier molecular flexibility index (Phi) is 2.01. The number of nitrogens with one attached hydrogen (secondary N) is 1. The first-order chi connectivity index (χ1) is 6.49. The van der Waals surface area contributed by atoms with E-state index < -0.39 is 0 Å². The average molecular weight is 196 g/mol. The van der Waals surface area contributed by atoms with Crippen molar-refractivity contribution in [1.82, 2.24) is 10.2 Å². The van der Waals surface area contributed by atoms with Crippen LogP contribution in [-0.2, 0) is 4.79 Å². The topological polar surface area (TPSA) is 49.4 Å². The second-order valence-electron chi connectivity index (χ2n) is 4.98. The summed E-state index contributed by atoms with van der Waals surface area (Å²) in [7, 11) is 0. The van der Waals surface area contributed by atoms with Crippen LogP contribution < -0.4 is 5.32 Å². The van der Waals surface area contributed by atoms with Crippen molar-refractivity contribution in [3.63, 3.8) is 0 Å². The molecule has 4 nitrogen and oxygen atoms in total. The first kappa shape index (κ1) is 9.49. The minimum Gasteiger partial charge on any atom is -0.329 e. The SMILES string of the molecule is CC1(C)CCC(N2C(=O)CNC2=O)C1. The van der Waals surface area contributed by atoms with Crippen LogP contribution in [0.2, 0.25) is 0 Å². The fourth-order valence-corrected chi connectivity index (χ4v) is 2.42. The number of hydrogen-bond acceptors (Lipinski definition) is 2. The van der Waals surface area contributed by atoms with Crippen molar-refractivity contribution in [1.29, 1.82) is 0 Å². The van der Waals surface area contributed by atoms with Crippen LogP contribution in [0.5, 0.6) is 0 Å². The molecule has 0 radical (unpaired) electrons. The molecule has 2 rings (SSSR count). The van der Waals surface area contributed by atoms with E-state index in [9.17, 15) is 9.59 Å². The Bertz CT molecular complexity index is 270. The van der Waals surface area contributed by atoms with E-state index in [0.29, 0.717) is 0 Å². The molecular weight excluding hydrogens is 180 g/mol. The fourth-order valence-electron chi connectivity index (χ4n) is 2.42. The normalized spacial score (nSPS) is 31.0. The van der Waals surface area contributed by atoms with E-state index in [2.05, 4.69) is 19.2 Å². The molecule has 0 aromatic carbocycles. The summed E-state index contributed by atoms with van der Waals surface area (Å²) in [5.74, 6) is -0.0716. The molecule has 1 saturated carbocycles. The van der Waals surface area contributed by atoms with Gasteiger partial charge in [0.2, 0.25) is 5.91 Å². The Morgan fingerprint density at radius 3 is 2.57 bits per heavy atom. The summed E-state index contributed by atoms with van der Waals surface area (Å²) in [6.45, 7) is 4.55. The number of carbonyl (C=O) groups is 2. The molecule has 1 unspecified atom stereocenters. The van der Waals surface area contributed by atoms with Crippen LogP contribution in [0.1, 0.15) is 33.1 Å². The Labute approximate surface area is 83.6 Å². The lowest BCUT2D eigenvalue weighted by Crippen LogP contribution is -2.39. The standard InChI is InChI=1S/C10H16N2O2/c1-10(2)4-3-7(5-10)12-8(13)6-11-9(12)14/h7H,3-6H2,1-2H3,(H,11,14). The first-order valence-electron chi connectivity index (χ1n) is 5.09. The molecule has 1 aliphatic heterocycles. The predicted octanol–water partition coefficient (Wildman–Crippen LogP) is 1.12. The molecule has 14 heavy (non-hydrogen) atoms. The molecule has 4 heteroatoms. The summed E-state index contributed by atoms with van der Waals surface area (Å²) in [5.41, 5.74) is 0.272. The van der Waals surface area contributed by atoms with Crippen molar-refractivity contribution in [3.8, 4) is 0 Å². The fraction of sp³-hybridized carbons (Fsp3) is 0.800. The zero-order valence-corrected chi connectivity index (χ0v) is 8.67. The van der Waals surface area contributed by atoms with Crippen molar-refractivity contribution < 1.29 is 9.59 Å². The van der Waals surface area contributed by atoms with Crippen LogP contribution in [0.25, 0.3) is 0 Å². The van der Waals surface area contributed by atoms with Gasteiger partial charge in [-0.3, -0.25) is 9.69 Å². The van der Waals surface area contributed by atoms with Crippen molar-refractivity contribution in [2.45, 2.75) is 39.2 Å². The number of amides is 3.